The first-order chi connectivity index (χ1) is 17.8. The van der Waals surface area contributed by atoms with E-state index < -0.39 is 22.0 Å². The Balaban J connectivity index is 0.00000267. The molecule has 2 atom stereocenters. The molecule has 3 aromatic carbocycles. The Labute approximate surface area is 241 Å². The van der Waals surface area contributed by atoms with Gasteiger partial charge in [-0.2, -0.15) is 0 Å². The number of sulfonamides is 1. The number of amides is 1. The van der Waals surface area contributed by atoms with Crippen molar-refractivity contribution in [3.63, 3.8) is 0 Å². The largest absolute Gasteiger partial charge is 0.387 e. The molecule has 4 rings (SSSR count). The fourth-order valence-electron chi connectivity index (χ4n) is 3.92. The SMILES string of the molecule is C[C@H](Cc1ccc(-c2ccc(S(=O)(=O)NC(=O)c3ccccc3)cc2)cc1)NC[C@H](O)c1cccnc1.Cl.Cl. The number of carbonyl (C=O) groups excluding carboxylic acids is 1. The van der Waals surface area contributed by atoms with Gasteiger partial charge in [-0.3, -0.25) is 9.78 Å². The zero-order chi connectivity index (χ0) is 26.3. The lowest BCUT2D eigenvalue weighted by atomic mass is 10.0. The van der Waals surface area contributed by atoms with Crippen molar-refractivity contribution in [3.05, 3.63) is 120 Å². The number of hydrogen-bond acceptors (Lipinski definition) is 6. The minimum Gasteiger partial charge on any atom is -0.387 e. The molecule has 7 nitrogen and oxygen atoms in total. The molecule has 1 amide bonds. The molecule has 10 heteroatoms. The molecule has 0 radical (unpaired) electrons. The molecule has 0 aliphatic heterocycles. The summed E-state index contributed by atoms with van der Waals surface area (Å²) in [5, 5.41) is 13.7. The number of aliphatic hydroxyl groups is 1. The molecule has 1 heterocycles. The highest BCUT2D eigenvalue weighted by molar-refractivity contribution is 7.90. The Kier molecular flexibility index (Phi) is 12.1. The van der Waals surface area contributed by atoms with Gasteiger partial charge < -0.3 is 10.4 Å². The van der Waals surface area contributed by atoms with E-state index in [1.54, 1.807) is 60.9 Å². The Hall–Kier alpha value is -3.27. The summed E-state index contributed by atoms with van der Waals surface area (Å²) < 4.78 is 27.4. The second-order valence-electron chi connectivity index (χ2n) is 8.84. The van der Waals surface area contributed by atoms with Crippen LogP contribution in [0.25, 0.3) is 11.1 Å². The maximum Gasteiger partial charge on any atom is 0.264 e. The Bertz CT molecular complexity index is 1420. The number of halogens is 2. The maximum atomic E-state index is 12.6. The highest BCUT2D eigenvalue weighted by Crippen LogP contribution is 2.22. The predicted octanol–water partition coefficient (Wildman–Crippen LogP) is 4.97. The predicted molar refractivity (Wildman–Crippen MR) is 158 cm³/mol. The van der Waals surface area contributed by atoms with Gasteiger partial charge >= 0.3 is 0 Å². The van der Waals surface area contributed by atoms with Gasteiger partial charge in [-0.1, -0.05) is 60.7 Å². The van der Waals surface area contributed by atoms with Gasteiger partial charge in [0.25, 0.3) is 15.9 Å². The average Bonchev–Trinajstić information content (AvgIpc) is 2.93. The third-order valence-electron chi connectivity index (χ3n) is 5.99. The summed E-state index contributed by atoms with van der Waals surface area (Å²) in [4.78, 5) is 16.3. The minimum atomic E-state index is -3.98. The van der Waals surface area contributed by atoms with Crippen LogP contribution in [0, 0.1) is 0 Å². The number of hydrogen-bond donors (Lipinski definition) is 3. The molecular weight excluding hydrogens is 557 g/mol. The molecule has 0 spiro atoms. The molecule has 206 valence electrons. The van der Waals surface area contributed by atoms with Crippen LogP contribution >= 0.6 is 24.8 Å². The van der Waals surface area contributed by atoms with Crippen molar-refractivity contribution in [2.75, 3.05) is 6.54 Å². The van der Waals surface area contributed by atoms with Gasteiger partial charge in [-0.15, -0.1) is 24.8 Å². The molecular formula is C29H31Cl2N3O4S. The van der Waals surface area contributed by atoms with Crippen molar-refractivity contribution in [2.45, 2.75) is 30.4 Å². The van der Waals surface area contributed by atoms with Crippen molar-refractivity contribution in [1.29, 1.82) is 0 Å². The van der Waals surface area contributed by atoms with Crippen molar-refractivity contribution in [2.24, 2.45) is 0 Å². The van der Waals surface area contributed by atoms with Crippen molar-refractivity contribution in [1.82, 2.24) is 15.0 Å². The van der Waals surface area contributed by atoms with E-state index in [1.807, 2.05) is 30.3 Å². The highest BCUT2D eigenvalue weighted by atomic mass is 35.5. The highest BCUT2D eigenvalue weighted by Gasteiger charge is 2.18. The lowest BCUT2D eigenvalue weighted by Crippen LogP contribution is -2.32. The molecule has 39 heavy (non-hydrogen) atoms. The number of carbonyl (C=O) groups is 1. The molecule has 0 saturated carbocycles. The van der Waals surface area contributed by atoms with E-state index >= 15 is 0 Å². The topological polar surface area (TPSA) is 108 Å². The third-order valence-corrected chi connectivity index (χ3v) is 7.33. The number of rotatable bonds is 10. The molecule has 0 bridgehead atoms. The Morgan fingerprint density at radius 1 is 0.872 bits per heavy atom. The van der Waals surface area contributed by atoms with Gasteiger partial charge in [-0.25, -0.2) is 13.1 Å². The molecule has 4 aromatic rings. The third kappa shape index (κ3) is 8.88. The van der Waals surface area contributed by atoms with Crippen molar-refractivity contribution >= 4 is 40.7 Å². The minimum absolute atomic E-state index is 0. The number of aliphatic hydroxyl groups excluding tert-OH is 1. The van der Waals surface area contributed by atoms with Crippen LogP contribution in [0.3, 0.4) is 0 Å². The van der Waals surface area contributed by atoms with Crippen LogP contribution < -0.4 is 10.0 Å². The van der Waals surface area contributed by atoms with Gasteiger partial charge in [0, 0.05) is 36.1 Å². The average molecular weight is 589 g/mol. The number of nitrogens with one attached hydrogen (secondary N) is 2. The summed E-state index contributed by atoms with van der Waals surface area (Å²) in [5.74, 6) is -0.671. The lowest BCUT2D eigenvalue weighted by molar-refractivity contribution is 0.0981. The van der Waals surface area contributed by atoms with E-state index in [-0.39, 0.29) is 41.3 Å². The normalized spacial score (nSPS) is 12.4. The van der Waals surface area contributed by atoms with Gasteiger partial charge in [0.1, 0.15) is 0 Å². The number of benzene rings is 3. The molecule has 0 aliphatic carbocycles. The molecule has 3 N–H and O–H groups in total. The maximum absolute atomic E-state index is 12.6. The van der Waals surface area contributed by atoms with Gasteiger partial charge in [0.15, 0.2) is 0 Å². The van der Waals surface area contributed by atoms with Crippen LogP contribution in [-0.2, 0) is 16.4 Å². The zero-order valence-electron chi connectivity index (χ0n) is 21.2. The molecule has 0 saturated heterocycles. The number of aromatic nitrogens is 1. The fraction of sp³-hybridized carbons (Fsp3) is 0.172. The van der Waals surface area contributed by atoms with E-state index in [0.29, 0.717) is 6.54 Å². The van der Waals surface area contributed by atoms with E-state index in [0.717, 1.165) is 28.7 Å². The summed E-state index contributed by atoms with van der Waals surface area (Å²) in [6.45, 7) is 2.51. The smallest absolute Gasteiger partial charge is 0.264 e. The van der Waals surface area contributed by atoms with Crippen molar-refractivity contribution < 1.29 is 18.3 Å². The van der Waals surface area contributed by atoms with E-state index in [9.17, 15) is 18.3 Å². The second-order valence-corrected chi connectivity index (χ2v) is 10.5. The van der Waals surface area contributed by atoms with Crippen molar-refractivity contribution in [3.8, 4) is 11.1 Å². The molecule has 1 aromatic heterocycles. The van der Waals surface area contributed by atoms with Crippen LogP contribution in [0.2, 0.25) is 0 Å². The van der Waals surface area contributed by atoms with E-state index in [1.165, 1.54) is 12.1 Å². The van der Waals surface area contributed by atoms with Crippen LogP contribution in [0.4, 0.5) is 0 Å². The van der Waals surface area contributed by atoms with E-state index in [2.05, 4.69) is 21.9 Å². The summed E-state index contributed by atoms with van der Waals surface area (Å²) in [6.07, 6.45) is 3.52. The zero-order valence-corrected chi connectivity index (χ0v) is 23.7. The summed E-state index contributed by atoms with van der Waals surface area (Å²) >= 11 is 0. The van der Waals surface area contributed by atoms with Gasteiger partial charge in [0.2, 0.25) is 0 Å². The number of nitrogens with zero attached hydrogens (tertiary/aromatic N) is 1. The van der Waals surface area contributed by atoms with Crippen LogP contribution in [-0.4, -0.2) is 37.0 Å². The fourth-order valence-corrected chi connectivity index (χ4v) is 4.89. The van der Waals surface area contributed by atoms with Crippen LogP contribution in [0.15, 0.2) is 108 Å². The van der Waals surface area contributed by atoms with Crippen LogP contribution in [0.5, 0.6) is 0 Å². The standard InChI is InChI=1S/C29H29N3O4S.2ClH/c1-21(31-20-28(33)26-8-5-17-30-19-26)18-22-9-11-23(12-10-22)24-13-15-27(16-14-24)37(35,36)32-29(34)25-6-3-2-4-7-25;;/h2-17,19,21,28,31,33H,18,20H2,1H3,(H,32,34);2*1H/t21-,28+;;/m1../s1. The number of pyridine rings is 1. The van der Waals surface area contributed by atoms with E-state index in [4.69, 9.17) is 0 Å². The summed E-state index contributed by atoms with van der Waals surface area (Å²) in [6, 6.07) is 26.5. The first kappa shape index (κ1) is 31.9. The quantitative estimate of drug-likeness (QED) is 0.242. The van der Waals surface area contributed by atoms with Gasteiger partial charge in [-0.05, 0) is 60.4 Å². The summed E-state index contributed by atoms with van der Waals surface area (Å²) in [5.41, 5.74) is 4.02. The first-order valence-electron chi connectivity index (χ1n) is 11.9. The monoisotopic (exact) mass is 587 g/mol. The molecule has 0 unspecified atom stereocenters. The Morgan fingerprint density at radius 2 is 1.49 bits per heavy atom. The Morgan fingerprint density at radius 3 is 2.08 bits per heavy atom. The molecule has 0 aliphatic rings. The lowest BCUT2D eigenvalue weighted by Gasteiger charge is -2.17. The summed E-state index contributed by atoms with van der Waals surface area (Å²) in [7, 11) is -3.98. The van der Waals surface area contributed by atoms with Crippen LogP contribution in [0.1, 0.15) is 34.5 Å². The molecule has 0 fully saturated rings. The first-order valence-corrected chi connectivity index (χ1v) is 13.4. The second kappa shape index (κ2) is 14.8. The van der Waals surface area contributed by atoms with Gasteiger partial charge in [0.05, 0.1) is 11.0 Å².